The van der Waals surface area contributed by atoms with Crippen LogP contribution in [0.3, 0.4) is 0 Å². The molecule has 0 saturated heterocycles. The predicted molar refractivity (Wildman–Crippen MR) is 90.0 cm³/mol. The third-order valence-corrected chi connectivity index (χ3v) is 4.00. The van der Waals surface area contributed by atoms with Crippen LogP contribution < -0.4 is 5.32 Å². The summed E-state index contributed by atoms with van der Waals surface area (Å²) in [5, 5.41) is 4.09. The van der Waals surface area contributed by atoms with Crippen LogP contribution in [0.4, 0.5) is 0 Å². The molecular weight excluding hydrogens is 272 g/mol. The van der Waals surface area contributed by atoms with E-state index < -0.39 is 0 Å². The number of nitrogens with one attached hydrogen (secondary N) is 1. The summed E-state index contributed by atoms with van der Waals surface area (Å²) in [4.78, 5) is 12.4. The van der Waals surface area contributed by atoms with E-state index in [1.54, 1.807) is 0 Å². The Hall–Kier alpha value is -2.55. The molecule has 1 heterocycles. The molecule has 22 heavy (non-hydrogen) atoms. The fourth-order valence-electron chi connectivity index (χ4n) is 2.67. The van der Waals surface area contributed by atoms with E-state index in [2.05, 4.69) is 49.5 Å². The molecule has 3 nitrogen and oxygen atoms in total. The van der Waals surface area contributed by atoms with Crippen molar-refractivity contribution in [2.75, 3.05) is 0 Å². The zero-order chi connectivity index (χ0) is 15.7. The number of hydrogen-bond acceptors (Lipinski definition) is 1. The van der Waals surface area contributed by atoms with Crippen molar-refractivity contribution in [3.63, 3.8) is 0 Å². The first-order valence-electron chi connectivity index (χ1n) is 7.44. The lowest BCUT2D eigenvalue weighted by Gasteiger charge is -2.07. The number of aromatic nitrogens is 1. The minimum absolute atomic E-state index is 0.0445. The number of fused-ring (bicyclic) bond motifs is 1. The highest BCUT2D eigenvalue weighted by Gasteiger charge is 2.13. The average molecular weight is 292 g/mol. The van der Waals surface area contributed by atoms with Gasteiger partial charge in [-0.3, -0.25) is 4.79 Å². The summed E-state index contributed by atoms with van der Waals surface area (Å²) in [6.45, 7) is 4.66. The first-order valence-corrected chi connectivity index (χ1v) is 7.44. The largest absolute Gasteiger partial charge is 0.347 e. The number of amides is 1. The number of rotatable bonds is 3. The molecule has 3 rings (SSSR count). The Labute approximate surface area is 130 Å². The van der Waals surface area contributed by atoms with Crippen LogP contribution in [0, 0.1) is 13.8 Å². The molecule has 0 saturated carbocycles. The van der Waals surface area contributed by atoms with Crippen LogP contribution in [0.5, 0.6) is 0 Å². The van der Waals surface area contributed by atoms with E-state index in [1.807, 2.05) is 29.8 Å². The molecule has 3 aromatic rings. The molecule has 0 aliphatic carbocycles. The predicted octanol–water partition coefficient (Wildman–Crippen LogP) is 3.73. The van der Waals surface area contributed by atoms with Gasteiger partial charge in [0.25, 0.3) is 5.91 Å². The molecule has 0 fully saturated rings. The lowest BCUT2D eigenvalue weighted by atomic mass is 10.1. The fraction of sp³-hybridized carbons (Fsp3) is 0.211. The van der Waals surface area contributed by atoms with E-state index in [0.29, 0.717) is 12.2 Å². The zero-order valence-corrected chi connectivity index (χ0v) is 13.2. The second-order valence-corrected chi connectivity index (χ2v) is 5.82. The van der Waals surface area contributed by atoms with Gasteiger partial charge in [-0.1, -0.05) is 41.5 Å². The third-order valence-electron chi connectivity index (χ3n) is 4.00. The number of carbonyl (C=O) groups excluding carboxylic acids is 1. The lowest BCUT2D eigenvalue weighted by Crippen LogP contribution is -2.24. The van der Waals surface area contributed by atoms with Crippen LogP contribution in [0.25, 0.3) is 10.9 Å². The Morgan fingerprint density at radius 3 is 2.41 bits per heavy atom. The van der Waals surface area contributed by atoms with Gasteiger partial charge in [0.15, 0.2) is 0 Å². The van der Waals surface area contributed by atoms with Crippen molar-refractivity contribution in [1.82, 2.24) is 9.88 Å². The highest BCUT2D eigenvalue weighted by molar-refractivity contribution is 5.98. The van der Waals surface area contributed by atoms with Crippen molar-refractivity contribution in [2.45, 2.75) is 20.4 Å². The minimum atomic E-state index is -0.0445. The van der Waals surface area contributed by atoms with Gasteiger partial charge in [0.2, 0.25) is 0 Å². The SMILES string of the molecule is Cc1ccc(CNC(=O)c2cc3cc(C)ccc3n2C)cc1. The number of nitrogens with zero attached hydrogens (tertiary/aromatic N) is 1. The highest BCUT2D eigenvalue weighted by Crippen LogP contribution is 2.20. The van der Waals surface area contributed by atoms with Crippen molar-refractivity contribution in [3.05, 3.63) is 70.9 Å². The number of hydrogen-bond donors (Lipinski definition) is 1. The third kappa shape index (κ3) is 2.75. The summed E-state index contributed by atoms with van der Waals surface area (Å²) in [5.74, 6) is -0.0445. The molecule has 2 aromatic carbocycles. The minimum Gasteiger partial charge on any atom is -0.347 e. The molecule has 0 unspecified atom stereocenters. The fourth-order valence-corrected chi connectivity index (χ4v) is 2.67. The van der Waals surface area contributed by atoms with Crippen molar-refractivity contribution < 1.29 is 4.79 Å². The molecule has 112 valence electrons. The molecule has 1 amide bonds. The second kappa shape index (κ2) is 5.68. The van der Waals surface area contributed by atoms with Gasteiger partial charge in [-0.2, -0.15) is 0 Å². The van der Waals surface area contributed by atoms with Gasteiger partial charge < -0.3 is 9.88 Å². The van der Waals surface area contributed by atoms with E-state index in [-0.39, 0.29) is 5.91 Å². The second-order valence-electron chi connectivity index (χ2n) is 5.82. The van der Waals surface area contributed by atoms with Crippen LogP contribution in [-0.4, -0.2) is 10.5 Å². The van der Waals surface area contributed by atoms with Crippen molar-refractivity contribution >= 4 is 16.8 Å². The van der Waals surface area contributed by atoms with Crippen LogP contribution in [-0.2, 0) is 13.6 Å². The maximum atomic E-state index is 12.4. The maximum absolute atomic E-state index is 12.4. The number of carbonyl (C=O) groups is 1. The molecule has 3 heteroatoms. The summed E-state index contributed by atoms with van der Waals surface area (Å²) < 4.78 is 1.94. The van der Waals surface area contributed by atoms with Gasteiger partial charge in [0.1, 0.15) is 5.69 Å². The first-order chi connectivity index (χ1) is 10.5. The van der Waals surface area contributed by atoms with Crippen molar-refractivity contribution in [1.29, 1.82) is 0 Å². The van der Waals surface area contributed by atoms with Crippen LogP contribution in [0.15, 0.2) is 48.5 Å². The molecule has 0 spiro atoms. The molecular formula is C19H20N2O. The topological polar surface area (TPSA) is 34.0 Å². The summed E-state index contributed by atoms with van der Waals surface area (Å²) in [7, 11) is 1.93. The Kier molecular flexibility index (Phi) is 3.72. The molecule has 1 aromatic heterocycles. The average Bonchev–Trinajstić information content (AvgIpc) is 2.83. The molecule has 0 aliphatic heterocycles. The van der Waals surface area contributed by atoms with Crippen LogP contribution in [0.1, 0.15) is 27.2 Å². The number of aryl methyl sites for hydroxylation is 3. The maximum Gasteiger partial charge on any atom is 0.268 e. The summed E-state index contributed by atoms with van der Waals surface area (Å²) in [6, 6.07) is 16.4. The van der Waals surface area contributed by atoms with E-state index >= 15 is 0 Å². The van der Waals surface area contributed by atoms with Gasteiger partial charge in [-0.05, 0) is 37.6 Å². The molecule has 0 radical (unpaired) electrons. The Balaban J connectivity index is 1.80. The molecule has 0 bridgehead atoms. The normalized spacial score (nSPS) is 10.9. The van der Waals surface area contributed by atoms with Crippen LogP contribution >= 0.6 is 0 Å². The van der Waals surface area contributed by atoms with Gasteiger partial charge in [-0.25, -0.2) is 0 Å². The smallest absolute Gasteiger partial charge is 0.268 e. The highest BCUT2D eigenvalue weighted by atomic mass is 16.1. The zero-order valence-electron chi connectivity index (χ0n) is 13.2. The Morgan fingerprint density at radius 2 is 1.68 bits per heavy atom. The quantitative estimate of drug-likeness (QED) is 0.784. The number of benzene rings is 2. The summed E-state index contributed by atoms with van der Waals surface area (Å²) in [5.41, 5.74) is 5.29. The van der Waals surface area contributed by atoms with Crippen molar-refractivity contribution in [3.8, 4) is 0 Å². The molecule has 1 N–H and O–H groups in total. The van der Waals surface area contributed by atoms with Crippen LogP contribution in [0.2, 0.25) is 0 Å². The van der Waals surface area contributed by atoms with Gasteiger partial charge in [-0.15, -0.1) is 0 Å². The summed E-state index contributed by atoms with van der Waals surface area (Å²) >= 11 is 0. The summed E-state index contributed by atoms with van der Waals surface area (Å²) in [6.07, 6.45) is 0. The standard InChI is InChI=1S/C19H20N2O/c1-13-4-7-15(8-5-13)12-20-19(22)18-11-16-10-14(2)6-9-17(16)21(18)3/h4-11H,12H2,1-3H3,(H,20,22). The molecule has 0 atom stereocenters. The van der Waals surface area contributed by atoms with E-state index in [9.17, 15) is 4.79 Å². The molecule has 0 aliphatic rings. The Bertz CT molecular complexity index is 829. The van der Waals surface area contributed by atoms with E-state index in [0.717, 1.165) is 16.5 Å². The van der Waals surface area contributed by atoms with Crippen molar-refractivity contribution in [2.24, 2.45) is 7.05 Å². The van der Waals surface area contributed by atoms with E-state index in [1.165, 1.54) is 11.1 Å². The monoisotopic (exact) mass is 292 g/mol. The van der Waals surface area contributed by atoms with E-state index in [4.69, 9.17) is 0 Å². The van der Waals surface area contributed by atoms with Gasteiger partial charge in [0.05, 0.1) is 0 Å². The van der Waals surface area contributed by atoms with Gasteiger partial charge in [0, 0.05) is 24.5 Å². The Morgan fingerprint density at radius 1 is 1.00 bits per heavy atom. The lowest BCUT2D eigenvalue weighted by molar-refractivity contribution is 0.0943. The first kappa shape index (κ1) is 14.4. The van der Waals surface area contributed by atoms with Gasteiger partial charge >= 0.3 is 0 Å².